The average Bonchev–Trinajstić information content (AvgIpc) is 3.43. The van der Waals surface area contributed by atoms with Gasteiger partial charge in [0, 0.05) is 68.7 Å². The van der Waals surface area contributed by atoms with E-state index in [1.54, 1.807) is 0 Å². The molecule has 4 aromatic heterocycles. The molecule has 6 heteroatoms. The lowest BCUT2D eigenvalue weighted by atomic mass is 9.60. The van der Waals surface area contributed by atoms with Crippen molar-refractivity contribution >= 4 is 0 Å². The van der Waals surface area contributed by atoms with E-state index < -0.39 is 0 Å². The summed E-state index contributed by atoms with van der Waals surface area (Å²) in [6.45, 7) is 0. The average molecular weight is 869 g/mol. The monoisotopic (exact) mass is 868 g/mol. The van der Waals surface area contributed by atoms with Gasteiger partial charge in [-0.1, -0.05) is 170 Å². The lowest BCUT2D eigenvalue weighted by Crippen LogP contribution is -2.27. The van der Waals surface area contributed by atoms with Crippen LogP contribution in [0.15, 0.2) is 231 Å². The highest BCUT2D eigenvalue weighted by Crippen LogP contribution is 2.57. The molecule has 0 spiro atoms. The van der Waals surface area contributed by atoms with Gasteiger partial charge in [-0.2, -0.15) is 0 Å². The number of nitrogens with zero attached hydrogens (tertiary/aromatic N) is 6. The van der Waals surface area contributed by atoms with Crippen molar-refractivity contribution in [1.82, 2.24) is 29.9 Å². The fourth-order valence-corrected chi connectivity index (χ4v) is 10.3. The van der Waals surface area contributed by atoms with Crippen LogP contribution in [-0.4, -0.2) is 29.9 Å². The first kappa shape index (κ1) is 39.4. The largest absolute Gasteiger partial charge is 0.256 e. The van der Waals surface area contributed by atoms with Gasteiger partial charge in [-0.25, -0.2) is 19.9 Å². The molecule has 3 aliphatic rings. The van der Waals surface area contributed by atoms with Crippen LogP contribution in [0.3, 0.4) is 0 Å². The highest BCUT2D eigenvalue weighted by Gasteiger charge is 2.41. The van der Waals surface area contributed by atoms with E-state index in [-0.39, 0.29) is 11.8 Å². The Balaban J connectivity index is 0.943. The molecule has 0 radical (unpaired) electrons. The van der Waals surface area contributed by atoms with E-state index >= 15 is 0 Å². The van der Waals surface area contributed by atoms with Crippen molar-refractivity contribution in [2.75, 3.05) is 0 Å². The van der Waals surface area contributed by atoms with Gasteiger partial charge >= 0.3 is 0 Å². The number of hydrogen-bond acceptors (Lipinski definition) is 6. The van der Waals surface area contributed by atoms with Crippen LogP contribution in [0.5, 0.6) is 0 Å². The van der Waals surface area contributed by atoms with Crippen molar-refractivity contribution < 1.29 is 0 Å². The Kier molecular flexibility index (Phi) is 9.53. The van der Waals surface area contributed by atoms with Crippen molar-refractivity contribution in [3.63, 3.8) is 0 Å². The van der Waals surface area contributed by atoms with Gasteiger partial charge in [0.1, 0.15) is 0 Å². The summed E-state index contributed by atoms with van der Waals surface area (Å²) in [4.78, 5) is 30.4. The van der Waals surface area contributed by atoms with Crippen LogP contribution >= 0.6 is 0 Å². The van der Waals surface area contributed by atoms with Crippen molar-refractivity contribution in [2.24, 2.45) is 0 Å². The first-order valence-corrected chi connectivity index (χ1v) is 23.0. The van der Waals surface area contributed by atoms with E-state index in [1.807, 2.05) is 85.2 Å². The Morgan fingerprint density at radius 3 is 1.00 bits per heavy atom. The maximum atomic E-state index is 5.28. The van der Waals surface area contributed by atoms with Gasteiger partial charge in [-0.3, -0.25) is 9.97 Å². The molecule has 4 heterocycles. The van der Waals surface area contributed by atoms with E-state index in [9.17, 15) is 0 Å². The Morgan fingerprint density at radius 2 is 0.588 bits per heavy atom. The standard InChI is InChI=1S/C62H40N6/c1-3-17-39(18-4-1)61-65-55(37-57(67-61)45-23-9-7-21-43(45)53-27-13-15-33-63-53)41-29-31-49-51(35-41)59-47-25-11-12-26-48(47)60(49)52-36-42(30-32-50(52)59)56-38-58(68-62(66-56)40-19-5-2-6-20-40)46-24-10-8-22-44(46)54-28-14-16-34-64-54/h1-38,59-60H. The molecule has 2 unspecified atom stereocenters. The Hall–Kier alpha value is -9.00. The van der Waals surface area contributed by atoms with E-state index in [0.717, 1.165) is 78.7 Å². The molecular weight excluding hydrogens is 829 g/mol. The third kappa shape index (κ3) is 6.81. The molecule has 0 fully saturated rings. The van der Waals surface area contributed by atoms with Crippen LogP contribution in [0, 0.1) is 0 Å². The molecular formula is C62H40N6. The van der Waals surface area contributed by atoms with Gasteiger partial charge < -0.3 is 0 Å². The van der Waals surface area contributed by atoms with E-state index in [4.69, 9.17) is 29.9 Å². The van der Waals surface area contributed by atoms with Gasteiger partial charge in [0.05, 0.1) is 34.2 Å². The number of pyridine rings is 2. The fraction of sp³-hybridized carbons (Fsp3) is 0.0323. The van der Waals surface area contributed by atoms with Gasteiger partial charge in [0.2, 0.25) is 0 Å². The first-order chi connectivity index (χ1) is 33.7. The number of rotatable bonds is 8. The molecule has 11 aromatic rings. The molecule has 7 aromatic carbocycles. The summed E-state index contributed by atoms with van der Waals surface area (Å²) in [6, 6.07) is 76.5. The fourth-order valence-electron chi connectivity index (χ4n) is 10.3. The maximum Gasteiger partial charge on any atom is 0.160 e. The van der Waals surface area contributed by atoms with Gasteiger partial charge in [-0.05, 0) is 81.9 Å². The molecule has 14 rings (SSSR count). The molecule has 2 atom stereocenters. The van der Waals surface area contributed by atoms with Crippen LogP contribution in [0.1, 0.15) is 45.2 Å². The second-order valence-corrected chi connectivity index (χ2v) is 17.4. The third-order valence-electron chi connectivity index (χ3n) is 13.4. The predicted molar refractivity (Wildman–Crippen MR) is 271 cm³/mol. The summed E-state index contributed by atoms with van der Waals surface area (Å²) < 4.78 is 0. The summed E-state index contributed by atoms with van der Waals surface area (Å²) in [5.74, 6) is 1.45. The first-order valence-electron chi connectivity index (χ1n) is 23.0. The normalized spacial score (nSPS) is 14.2. The van der Waals surface area contributed by atoms with Gasteiger partial charge in [0.25, 0.3) is 0 Å². The highest BCUT2D eigenvalue weighted by molar-refractivity contribution is 5.85. The number of aromatic nitrogens is 6. The molecule has 6 nitrogen and oxygen atoms in total. The summed E-state index contributed by atoms with van der Waals surface area (Å²) in [7, 11) is 0. The SMILES string of the molecule is c1ccc(-c2nc(-c3ccc4c(c3)C3c5ccccc5C4c4cc(-c5cc(-c6ccccc6-c6ccccn6)nc(-c6ccccc6)n5)ccc43)cc(-c3ccccc3-c3ccccn3)n2)cc1. The van der Waals surface area contributed by atoms with Crippen molar-refractivity contribution in [3.8, 4) is 90.3 Å². The Labute approximate surface area is 394 Å². The lowest BCUT2D eigenvalue weighted by Gasteiger charge is -2.42. The highest BCUT2D eigenvalue weighted by atomic mass is 14.9. The molecule has 318 valence electrons. The lowest BCUT2D eigenvalue weighted by molar-refractivity contribution is 0.755. The molecule has 3 aliphatic carbocycles. The zero-order valence-electron chi connectivity index (χ0n) is 36.8. The zero-order valence-corrected chi connectivity index (χ0v) is 36.8. The summed E-state index contributed by atoms with van der Waals surface area (Å²) in [5.41, 5.74) is 21.3. The van der Waals surface area contributed by atoms with Crippen LogP contribution < -0.4 is 0 Å². The molecule has 0 saturated heterocycles. The Morgan fingerprint density at radius 1 is 0.235 bits per heavy atom. The van der Waals surface area contributed by atoms with Crippen LogP contribution in [0.4, 0.5) is 0 Å². The smallest absolute Gasteiger partial charge is 0.160 e. The second kappa shape index (κ2) is 16.5. The molecule has 0 saturated carbocycles. The van der Waals surface area contributed by atoms with Crippen molar-refractivity contribution in [1.29, 1.82) is 0 Å². The minimum absolute atomic E-state index is 0.0427. The van der Waals surface area contributed by atoms with Crippen LogP contribution in [0.2, 0.25) is 0 Å². The molecule has 68 heavy (non-hydrogen) atoms. The predicted octanol–water partition coefficient (Wildman–Crippen LogP) is 14.4. The van der Waals surface area contributed by atoms with Gasteiger partial charge in [0.15, 0.2) is 11.6 Å². The summed E-state index contributed by atoms with van der Waals surface area (Å²) in [6.07, 6.45) is 3.67. The second-order valence-electron chi connectivity index (χ2n) is 17.4. The van der Waals surface area contributed by atoms with Crippen molar-refractivity contribution in [2.45, 2.75) is 11.8 Å². The zero-order chi connectivity index (χ0) is 45.0. The molecule has 0 amide bonds. The molecule has 2 bridgehead atoms. The van der Waals surface area contributed by atoms with E-state index in [1.165, 1.54) is 33.4 Å². The maximum absolute atomic E-state index is 5.28. The molecule has 0 aliphatic heterocycles. The van der Waals surface area contributed by atoms with E-state index in [2.05, 4.69) is 146 Å². The minimum atomic E-state index is 0.0427. The minimum Gasteiger partial charge on any atom is -0.256 e. The van der Waals surface area contributed by atoms with Gasteiger partial charge in [-0.15, -0.1) is 0 Å². The molecule has 0 N–H and O–H groups in total. The van der Waals surface area contributed by atoms with Crippen molar-refractivity contribution in [3.05, 3.63) is 264 Å². The topological polar surface area (TPSA) is 77.3 Å². The third-order valence-corrected chi connectivity index (χ3v) is 13.4. The number of hydrogen-bond donors (Lipinski definition) is 0. The Bertz CT molecular complexity index is 3440. The summed E-state index contributed by atoms with van der Waals surface area (Å²) >= 11 is 0. The summed E-state index contributed by atoms with van der Waals surface area (Å²) in [5, 5.41) is 0. The van der Waals surface area contributed by atoms with E-state index in [0.29, 0.717) is 11.6 Å². The number of benzene rings is 7. The van der Waals surface area contributed by atoms with Crippen LogP contribution in [-0.2, 0) is 0 Å². The quantitative estimate of drug-likeness (QED) is 0.151. The van der Waals surface area contributed by atoms with Crippen LogP contribution in [0.25, 0.3) is 90.3 Å².